The zero-order chi connectivity index (χ0) is 18.9. The molecular weight excluding hydrogens is 348 g/mol. The lowest BCUT2D eigenvalue weighted by Gasteiger charge is -2.18. The number of benzene rings is 2. The van der Waals surface area contributed by atoms with Crippen LogP contribution in [0.1, 0.15) is 63.3 Å². The van der Waals surface area contributed by atoms with Gasteiger partial charge in [0.05, 0.1) is 11.7 Å². The zero-order valence-corrected chi connectivity index (χ0v) is 17.3. The van der Waals surface area contributed by atoms with E-state index in [-0.39, 0.29) is 6.04 Å². The van der Waals surface area contributed by atoms with E-state index < -0.39 is 0 Å². The molecule has 1 heterocycles. The molecule has 0 amide bonds. The second kappa shape index (κ2) is 10.3. The summed E-state index contributed by atoms with van der Waals surface area (Å²) in [6, 6.07) is 19.7. The molecule has 1 aromatic heterocycles. The lowest BCUT2D eigenvalue weighted by atomic mass is 10.1. The molecule has 3 aromatic rings. The van der Waals surface area contributed by atoms with Crippen LogP contribution in [0.2, 0.25) is 0 Å². The summed E-state index contributed by atoms with van der Waals surface area (Å²) in [5.41, 5.74) is 4.96. The number of thiazole rings is 1. The molecule has 1 unspecified atom stereocenters. The van der Waals surface area contributed by atoms with E-state index in [0.717, 1.165) is 17.1 Å². The molecular formula is C24H30N2S. The van der Waals surface area contributed by atoms with Crippen molar-refractivity contribution in [2.24, 2.45) is 0 Å². The predicted octanol–water partition coefficient (Wildman–Crippen LogP) is 7.50. The van der Waals surface area contributed by atoms with Crippen LogP contribution in [0.3, 0.4) is 0 Å². The highest BCUT2D eigenvalue weighted by molar-refractivity contribution is 7.13. The quantitative estimate of drug-likeness (QED) is 0.395. The maximum absolute atomic E-state index is 4.94. The van der Waals surface area contributed by atoms with Gasteiger partial charge in [-0.05, 0) is 37.0 Å². The molecule has 27 heavy (non-hydrogen) atoms. The number of hydrogen-bond donors (Lipinski definition) is 1. The van der Waals surface area contributed by atoms with Crippen LogP contribution in [0.4, 0.5) is 5.69 Å². The van der Waals surface area contributed by atoms with Crippen LogP contribution in [-0.4, -0.2) is 4.98 Å². The van der Waals surface area contributed by atoms with Crippen LogP contribution in [0.5, 0.6) is 0 Å². The minimum absolute atomic E-state index is 0.264. The molecule has 2 aromatic carbocycles. The number of aryl methyl sites for hydroxylation is 1. The van der Waals surface area contributed by atoms with E-state index in [1.807, 2.05) is 6.07 Å². The Kier molecular flexibility index (Phi) is 7.46. The summed E-state index contributed by atoms with van der Waals surface area (Å²) in [4.78, 5) is 4.94. The summed E-state index contributed by atoms with van der Waals surface area (Å²) in [5.74, 6) is 0. The van der Waals surface area contributed by atoms with E-state index in [4.69, 9.17) is 4.98 Å². The molecule has 0 spiro atoms. The molecule has 0 aliphatic rings. The molecule has 1 N–H and O–H groups in total. The van der Waals surface area contributed by atoms with Crippen LogP contribution in [0.15, 0.2) is 60.0 Å². The normalized spacial score (nSPS) is 12.1. The highest BCUT2D eigenvalue weighted by Gasteiger charge is 2.15. The van der Waals surface area contributed by atoms with Crippen molar-refractivity contribution in [2.75, 3.05) is 5.32 Å². The van der Waals surface area contributed by atoms with Crippen molar-refractivity contribution in [3.8, 4) is 10.6 Å². The molecule has 0 aliphatic carbocycles. The van der Waals surface area contributed by atoms with E-state index >= 15 is 0 Å². The second-order valence-corrected chi connectivity index (χ2v) is 7.94. The Labute approximate surface area is 167 Å². The summed E-state index contributed by atoms with van der Waals surface area (Å²) in [5, 5.41) is 7.04. The van der Waals surface area contributed by atoms with Gasteiger partial charge in [0.1, 0.15) is 5.01 Å². The summed E-state index contributed by atoms with van der Waals surface area (Å²) >= 11 is 1.74. The van der Waals surface area contributed by atoms with Crippen molar-refractivity contribution in [3.63, 3.8) is 0 Å². The van der Waals surface area contributed by atoms with Crippen LogP contribution < -0.4 is 5.32 Å². The molecule has 0 radical (unpaired) electrons. The highest BCUT2D eigenvalue weighted by atomic mass is 32.1. The van der Waals surface area contributed by atoms with Crippen LogP contribution in [0.25, 0.3) is 10.6 Å². The van der Waals surface area contributed by atoms with Gasteiger partial charge in [0.25, 0.3) is 0 Å². The summed E-state index contributed by atoms with van der Waals surface area (Å²) in [6.45, 7) is 4.49. The van der Waals surface area contributed by atoms with Crippen molar-refractivity contribution in [2.45, 2.75) is 58.4 Å². The van der Waals surface area contributed by atoms with Gasteiger partial charge in [-0.1, -0.05) is 75.6 Å². The average molecular weight is 379 g/mol. The summed E-state index contributed by atoms with van der Waals surface area (Å²) < 4.78 is 0. The van der Waals surface area contributed by atoms with E-state index in [2.05, 4.69) is 73.1 Å². The average Bonchev–Trinajstić information content (AvgIpc) is 3.21. The van der Waals surface area contributed by atoms with Crippen LogP contribution in [-0.2, 0) is 6.42 Å². The van der Waals surface area contributed by atoms with Gasteiger partial charge in [-0.3, -0.25) is 0 Å². The molecule has 1 atom stereocenters. The van der Waals surface area contributed by atoms with Crippen molar-refractivity contribution < 1.29 is 0 Å². The Balaban J connectivity index is 1.73. The molecule has 0 bridgehead atoms. The smallest absolute Gasteiger partial charge is 0.123 e. The number of hydrogen-bond acceptors (Lipinski definition) is 3. The fourth-order valence-corrected chi connectivity index (χ4v) is 4.09. The minimum Gasteiger partial charge on any atom is -0.377 e. The Morgan fingerprint density at radius 1 is 0.926 bits per heavy atom. The lowest BCUT2D eigenvalue weighted by molar-refractivity contribution is 0.625. The van der Waals surface area contributed by atoms with Crippen LogP contribution >= 0.6 is 11.3 Å². The van der Waals surface area contributed by atoms with E-state index in [1.54, 1.807) is 11.3 Å². The van der Waals surface area contributed by atoms with E-state index in [9.17, 15) is 0 Å². The van der Waals surface area contributed by atoms with Gasteiger partial charge < -0.3 is 5.32 Å². The first-order valence-electron chi connectivity index (χ1n) is 10.2. The fraction of sp³-hybridized carbons (Fsp3) is 0.375. The zero-order valence-electron chi connectivity index (χ0n) is 16.4. The van der Waals surface area contributed by atoms with Gasteiger partial charge in [-0.25, -0.2) is 4.98 Å². The number of unbranched alkanes of at least 4 members (excludes halogenated alkanes) is 2. The number of nitrogens with zero attached hydrogens (tertiary/aromatic N) is 1. The molecule has 3 rings (SSSR count). The van der Waals surface area contributed by atoms with Crippen molar-refractivity contribution in [3.05, 3.63) is 71.2 Å². The summed E-state index contributed by atoms with van der Waals surface area (Å²) in [6.07, 6.45) is 7.17. The largest absolute Gasteiger partial charge is 0.377 e. The lowest BCUT2D eigenvalue weighted by Crippen LogP contribution is -2.11. The van der Waals surface area contributed by atoms with Gasteiger partial charge >= 0.3 is 0 Å². The standard InChI is InChI=1S/C24H30N2S/c1-3-5-10-19-14-16-21(17-15-19)25-22(13-6-4-2)23-18-27-24(26-23)20-11-8-7-9-12-20/h7-9,11-12,14-18,22,25H,3-6,10,13H2,1-2H3. The highest BCUT2D eigenvalue weighted by Crippen LogP contribution is 2.30. The van der Waals surface area contributed by atoms with E-state index in [1.165, 1.54) is 48.9 Å². The molecule has 0 aliphatic heterocycles. The third-order valence-electron chi connectivity index (χ3n) is 4.86. The number of nitrogens with one attached hydrogen (secondary N) is 1. The topological polar surface area (TPSA) is 24.9 Å². The molecule has 3 heteroatoms. The predicted molar refractivity (Wildman–Crippen MR) is 118 cm³/mol. The maximum atomic E-state index is 4.94. The van der Waals surface area contributed by atoms with Gasteiger partial charge in [0.15, 0.2) is 0 Å². The van der Waals surface area contributed by atoms with Crippen LogP contribution in [0, 0.1) is 0 Å². The monoisotopic (exact) mass is 378 g/mol. The Bertz CT molecular complexity index is 793. The van der Waals surface area contributed by atoms with Crippen molar-refractivity contribution in [1.29, 1.82) is 0 Å². The molecule has 0 fully saturated rings. The molecule has 2 nitrogen and oxygen atoms in total. The Morgan fingerprint density at radius 3 is 2.37 bits per heavy atom. The third kappa shape index (κ3) is 5.67. The first-order valence-corrected chi connectivity index (χ1v) is 11.0. The van der Waals surface area contributed by atoms with E-state index in [0.29, 0.717) is 0 Å². The van der Waals surface area contributed by atoms with Crippen molar-refractivity contribution >= 4 is 17.0 Å². The SMILES string of the molecule is CCCCc1ccc(NC(CCCC)c2csc(-c3ccccc3)n2)cc1. The molecule has 0 saturated carbocycles. The maximum Gasteiger partial charge on any atom is 0.123 e. The van der Waals surface area contributed by atoms with Gasteiger partial charge in [0, 0.05) is 16.6 Å². The molecule has 142 valence electrons. The number of rotatable bonds is 10. The van der Waals surface area contributed by atoms with Crippen molar-refractivity contribution in [1.82, 2.24) is 4.98 Å². The third-order valence-corrected chi connectivity index (χ3v) is 5.77. The number of anilines is 1. The summed E-state index contributed by atoms with van der Waals surface area (Å²) in [7, 11) is 0. The van der Waals surface area contributed by atoms with Gasteiger partial charge in [-0.15, -0.1) is 11.3 Å². The van der Waals surface area contributed by atoms with Gasteiger partial charge in [0.2, 0.25) is 0 Å². The second-order valence-electron chi connectivity index (χ2n) is 7.08. The first kappa shape index (κ1) is 19.6. The Hall–Kier alpha value is -2.13. The molecule has 0 saturated heterocycles. The number of aromatic nitrogens is 1. The minimum atomic E-state index is 0.264. The fourth-order valence-electron chi connectivity index (χ4n) is 3.21. The Morgan fingerprint density at radius 2 is 1.67 bits per heavy atom. The first-order chi connectivity index (χ1) is 13.3. The van der Waals surface area contributed by atoms with Gasteiger partial charge in [-0.2, -0.15) is 0 Å².